The molecule has 0 bridgehead atoms. The Morgan fingerprint density at radius 3 is 2.36 bits per heavy atom. The summed E-state index contributed by atoms with van der Waals surface area (Å²) >= 11 is 11.5. The summed E-state index contributed by atoms with van der Waals surface area (Å²) in [6.45, 7) is 1.88. The smallest absolute Gasteiger partial charge is 0.237 e. The highest BCUT2D eigenvalue weighted by molar-refractivity contribution is 6.33. The zero-order valence-electron chi connectivity index (χ0n) is 7.28. The van der Waals surface area contributed by atoms with Crippen LogP contribution >= 0.6 is 23.2 Å². The second-order valence-corrected chi connectivity index (χ2v) is 3.51. The second-order valence-electron chi connectivity index (χ2n) is 2.74. The van der Waals surface area contributed by atoms with E-state index in [1.165, 1.54) is 6.07 Å². The molecule has 0 N–H and O–H groups in total. The number of hydrogen-bond acceptors (Lipinski definition) is 3. The van der Waals surface area contributed by atoms with Crippen molar-refractivity contribution >= 4 is 23.2 Å². The maximum absolute atomic E-state index is 5.74. The Kier molecular flexibility index (Phi) is 2.39. The van der Waals surface area contributed by atoms with Crippen LogP contribution in [0.3, 0.4) is 0 Å². The van der Waals surface area contributed by atoms with E-state index in [4.69, 9.17) is 23.2 Å². The Morgan fingerprint density at radius 1 is 1.21 bits per heavy atom. The van der Waals surface area contributed by atoms with Gasteiger partial charge in [-0.2, -0.15) is 0 Å². The van der Waals surface area contributed by atoms with Crippen molar-refractivity contribution in [3.8, 4) is 5.95 Å². The summed E-state index contributed by atoms with van der Waals surface area (Å²) in [4.78, 5) is 12.1. The van der Waals surface area contributed by atoms with Crippen molar-refractivity contribution in [1.82, 2.24) is 19.5 Å². The minimum absolute atomic E-state index is 0.311. The molecule has 4 nitrogen and oxygen atoms in total. The molecule has 0 aliphatic heterocycles. The molecule has 0 amide bonds. The van der Waals surface area contributed by atoms with Crippen LogP contribution in [0.1, 0.15) is 5.69 Å². The minimum Gasteiger partial charge on any atom is -0.274 e. The zero-order valence-corrected chi connectivity index (χ0v) is 8.79. The molecule has 2 aromatic rings. The summed E-state index contributed by atoms with van der Waals surface area (Å²) in [5, 5.41) is 0.623. The average Bonchev–Trinajstić information content (AvgIpc) is 2.50. The zero-order chi connectivity index (χ0) is 10.1. The highest BCUT2D eigenvalue weighted by Gasteiger charge is 2.03. The summed E-state index contributed by atoms with van der Waals surface area (Å²) < 4.78 is 1.66. The van der Waals surface area contributed by atoms with Crippen molar-refractivity contribution in [1.29, 1.82) is 0 Å². The van der Waals surface area contributed by atoms with E-state index >= 15 is 0 Å². The van der Waals surface area contributed by atoms with Crippen LogP contribution in [-0.4, -0.2) is 19.5 Å². The fourth-order valence-corrected chi connectivity index (χ4v) is 1.44. The molecule has 0 spiro atoms. The van der Waals surface area contributed by atoms with E-state index in [1.807, 2.05) is 6.92 Å². The van der Waals surface area contributed by atoms with Crippen LogP contribution < -0.4 is 0 Å². The molecule has 72 valence electrons. The number of nitrogens with zero attached hydrogens (tertiary/aromatic N) is 4. The number of aryl methyl sites for hydroxylation is 1. The van der Waals surface area contributed by atoms with E-state index in [0.29, 0.717) is 16.3 Å². The molecule has 2 rings (SSSR count). The first-order valence-corrected chi connectivity index (χ1v) is 4.62. The van der Waals surface area contributed by atoms with Crippen molar-refractivity contribution in [2.24, 2.45) is 0 Å². The molecule has 0 aliphatic carbocycles. The quantitative estimate of drug-likeness (QED) is 0.704. The Balaban J connectivity index is 2.51. The van der Waals surface area contributed by atoms with Gasteiger partial charge in [-0.25, -0.2) is 15.0 Å². The average molecular weight is 229 g/mol. The van der Waals surface area contributed by atoms with E-state index < -0.39 is 0 Å². The number of hydrogen-bond donors (Lipinski definition) is 0. The molecule has 0 radical (unpaired) electrons. The van der Waals surface area contributed by atoms with Crippen LogP contribution in [0.15, 0.2) is 18.6 Å². The van der Waals surface area contributed by atoms with E-state index in [0.717, 1.165) is 5.69 Å². The van der Waals surface area contributed by atoms with Gasteiger partial charge in [0.15, 0.2) is 0 Å². The third-order valence-electron chi connectivity index (χ3n) is 1.59. The molecule has 0 fully saturated rings. The highest BCUT2D eigenvalue weighted by Crippen LogP contribution is 2.14. The Labute approximate surface area is 90.5 Å². The van der Waals surface area contributed by atoms with Gasteiger partial charge in [-0.3, -0.25) is 4.57 Å². The lowest BCUT2D eigenvalue weighted by atomic mass is 10.6. The van der Waals surface area contributed by atoms with Gasteiger partial charge < -0.3 is 0 Å². The lowest BCUT2D eigenvalue weighted by Crippen LogP contribution is -1.98. The van der Waals surface area contributed by atoms with Crippen molar-refractivity contribution in [2.45, 2.75) is 6.92 Å². The number of rotatable bonds is 1. The van der Waals surface area contributed by atoms with Crippen LogP contribution in [0.5, 0.6) is 0 Å². The van der Waals surface area contributed by atoms with Gasteiger partial charge in [-0.15, -0.1) is 0 Å². The van der Waals surface area contributed by atoms with Gasteiger partial charge in [-0.1, -0.05) is 23.2 Å². The van der Waals surface area contributed by atoms with Crippen LogP contribution in [0.2, 0.25) is 10.3 Å². The van der Waals surface area contributed by atoms with Crippen LogP contribution in [0.4, 0.5) is 0 Å². The molecular formula is C8H6Cl2N4. The predicted octanol–water partition coefficient (Wildman–Crippen LogP) is 2.28. The molecule has 0 aromatic carbocycles. The maximum atomic E-state index is 5.74. The van der Waals surface area contributed by atoms with Gasteiger partial charge in [-0.05, 0) is 6.92 Å². The first-order chi connectivity index (χ1) is 6.65. The lowest BCUT2D eigenvalue weighted by Gasteiger charge is -2.00. The Morgan fingerprint density at radius 2 is 1.86 bits per heavy atom. The second kappa shape index (κ2) is 3.55. The van der Waals surface area contributed by atoms with Crippen LogP contribution in [0.25, 0.3) is 5.95 Å². The lowest BCUT2D eigenvalue weighted by molar-refractivity contribution is 0.925. The summed E-state index contributed by atoms with van der Waals surface area (Å²) in [5.41, 5.74) is 0.879. The topological polar surface area (TPSA) is 43.6 Å². The Hall–Kier alpha value is -1.13. The molecule has 14 heavy (non-hydrogen) atoms. The van der Waals surface area contributed by atoms with Gasteiger partial charge in [0.2, 0.25) is 5.95 Å². The van der Waals surface area contributed by atoms with E-state index in [2.05, 4.69) is 15.0 Å². The first-order valence-electron chi connectivity index (χ1n) is 3.86. The SMILES string of the molecule is Cc1cn(-c2nc(Cl)cc(Cl)n2)cn1. The molecular weight excluding hydrogens is 223 g/mol. The molecule has 0 atom stereocenters. The fourth-order valence-electron chi connectivity index (χ4n) is 1.02. The van der Waals surface area contributed by atoms with Crippen molar-refractivity contribution in [3.63, 3.8) is 0 Å². The van der Waals surface area contributed by atoms with E-state index in [9.17, 15) is 0 Å². The molecule has 0 saturated carbocycles. The monoisotopic (exact) mass is 228 g/mol. The molecule has 2 aromatic heterocycles. The molecule has 6 heteroatoms. The van der Waals surface area contributed by atoms with Gasteiger partial charge in [0, 0.05) is 12.3 Å². The number of imidazole rings is 1. The van der Waals surface area contributed by atoms with E-state index in [-0.39, 0.29) is 0 Å². The van der Waals surface area contributed by atoms with Crippen molar-refractivity contribution in [2.75, 3.05) is 0 Å². The Bertz CT molecular complexity index is 446. The van der Waals surface area contributed by atoms with Crippen molar-refractivity contribution in [3.05, 3.63) is 34.6 Å². The normalized spacial score (nSPS) is 10.5. The summed E-state index contributed by atoms with van der Waals surface area (Å²) in [6, 6.07) is 1.48. The van der Waals surface area contributed by atoms with Gasteiger partial charge in [0.25, 0.3) is 0 Å². The molecule has 0 aliphatic rings. The summed E-state index contributed by atoms with van der Waals surface area (Å²) in [7, 11) is 0. The highest BCUT2D eigenvalue weighted by atomic mass is 35.5. The maximum Gasteiger partial charge on any atom is 0.237 e. The standard InChI is InChI=1S/C8H6Cl2N4/c1-5-3-14(4-11-5)8-12-6(9)2-7(10)13-8/h2-4H,1H3. The van der Waals surface area contributed by atoms with Crippen LogP contribution in [-0.2, 0) is 0 Å². The third kappa shape index (κ3) is 1.86. The van der Waals surface area contributed by atoms with Crippen molar-refractivity contribution < 1.29 is 0 Å². The van der Waals surface area contributed by atoms with Gasteiger partial charge >= 0.3 is 0 Å². The van der Waals surface area contributed by atoms with Crippen LogP contribution in [0, 0.1) is 6.92 Å². The fraction of sp³-hybridized carbons (Fsp3) is 0.125. The summed E-state index contributed by atoms with van der Waals surface area (Å²) in [6.07, 6.45) is 3.40. The number of halogens is 2. The first kappa shape index (κ1) is 9.43. The minimum atomic E-state index is 0.311. The number of aromatic nitrogens is 4. The molecule has 0 unspecified atom stereocenters. The van der Waals surface area contributed by atoms with Gasteiger partial charge in [0.05, 0.1) is 5.69 Å². The largest absolute Gasteiger partial charge is 0.274 e. The summed E-state index contributed by atoms with van der Waals surface area (Å²) in [5.74, 6) is 0.420. The molecule has 2 heterocycles. The van der Waals surface area contributed by atoms with Gasteiger partial charge in [0.1, 0.15) is 16.6 Å². The third-order valence-corrected chi connectivity index (χ3v) is 1.98. The molecule has 0 saturated heterocycles. The predicted molar refractivity (Wildman–Crippen MR) is 53.9 cm³/mol. The van der Waals surface area contributed by atoms with E-state index in [1.54, 1.807) is 17.1 Å².